The highest BCUT2D eigenvalue weighted by atomic mass is 127. The van der Waals surface area contributed by atoms with Gasteiger partial charge in [0.2, 0.25) is 0 Å². The van der Waals surface area contributed by atoms with Gasteiger partial charge in [0.1, 0.15) is 3.63 Å². The predicted molar refractivity (Wildman–Crippen MR) is 90.8 cm³/mol. The quantitative estimate of drug-likeness (QED) is 0.487. The van der Waals surface area contributed by atoms with E-state index in [1.54, 1.807) is 6.20 Å². The minimum Gasteiger partial charge on any atom is -0.378 e. The van der Waals surface area contributed by atoms with Gasteiger partial charge in [-0.15, -0.1) is 5.11 Å². The zero-order valence-electron chi connectivity index (χ0n) is 11.7. The van der Waals surface area contributed by atoms with Crippen molar-refractivity contribution in [2.45, 2.75) is 6.92 Å². The molecule has 0 atom stereocenters. The fraction of sp³-hybridized carbons (Fsp3) is 0.214. The molecule has 0 saturated carbocycles. The van der Waals surface area contributed by atoms with Crippen LogP contribution in [0, 0.1) is 0 Å². The molecule has 1 heterocycles. The zero-order chi connectivity index (χ0) is 14.5. The molecule has 0 saturated heterocycles. The lowest BCUT2D eigenvalue weighted by atomic mass is 10.3. The molecule has 1 aliphatic heterocycles. The molecule has 0 amide bonds. The van der Waals surface area contributed by atoms with Gasteiger partial charge in [0.15, 0.2) is 0 Å². The minimum atomic E-state index is -0.710. The van der Waals surface area contributed by atoms with E-state index in [0.29, 0.717) is 0 Å². The van der Waals surface area contributed by atoms with Gasteiger partial charge in [0, 0.05) is 26.0 Å². The van der Waals surface area contributed by atoms with Gasteiger partial charge in [-0.2, -0.15) is 5.11 Å². The molecule has 0 fully saturated rings. The monoisotopic (exact) mass is 384 g/mol. The number of nitrogens with zero attached hydrogens (tertiary/aromatic N) is 4. The molecule has 20 heavy (non-hydrogen) atoms. The minimum absolute atomic E-state index is 0.710. The Morgan fingerprint density at radius 3 is 2.45 bits per heavy atom. The lowest BCUT2D eigenvalue weighted by molar-refractivity contribution is 0.0921. The third-order valence-corrected chi connectivity index (χ3v) is 4.44. The van der Waals surface area contributed by atoms with Gasteiger partial charge >= 0.3 is 0 Å². The molecule has 0 aromatic heterocycles. The predicted octanol–water partition coefficient (Wildman–Crippen LogP) is 4.02. The molecule has 1 aromatic rings. The number of hydrogen-bond acceptors (Lipinski definition) is 5. The molecule has 5 nitrogen and oxygen atoms in total. The molecular formula is C14H17IN4O. The van der Waals surface area contributed by atoms with Crippen molar-refractivity contribution in [1.29, 1.82) is 0 Å². The van der Waals surface area contributed by atoms with Crippen LogP contribution in [0.15, 0.2) is 58.4 Å². The van der Waals surface area contributed by atoms with E-state index in [1.807, 2.05) is 62.3 Å². The van der Waals surface area contributed by atoms with Crippen LogP contribution in [0.5, 0.6) is 0 Å². The Hall–Kier alpha value is -1.54. The van der Waals surface area contributed by atoms with Crippen LogP contribution in [0.2, 0.25) is 0 Å². The number of anilines is 1. The third-order valence-electron chi connectivity index (χ3n) is 2.59. The summed E-state index contributed by atoms with van der Waals surface area (Å²) < 4.78 is 2.04. The van der Waals surface area contributed by atoms with E-state index >= 15 is 0 Å². The zero-order valence-corrected chi connectivity index (χ0v) is 13.8. The van der Waals surface area contributed by atoms with Crippen molar-refractivity contribution in [3.8, 4) is 0 Å². The standard InChI is InChI=1S/C14H17IN4O/c1-11-4-9-14(15-19(20)10-11)17-16-12-5-7-13(8-6-12)18(2)3/h4-10,20H,1-3H3. The number of hydrogen-bond donors (Lipinski definition) is 1. The first-order chi connectivity index (χ1) is 9.54. The number of halogens is 1. The van der Waals surface area contributed by atoms with Crippen molar-refractivity contribution in [2.24, 2.45) is 10.2 Å². The van der Waals surface area contributed by atoms with Gasteiger partial charge in [0.25, 0.3) is 0 Å². The van der Waals surface area contributed by atoms with E-state index in [0.717, 1.165) is 20.6 Å². The molecular weight excluding hydrogens is 367 g/mol. The summed E-state index contributed by atoms with van der Waals surface area (Å²) in [6, 6.07) is 7.86. The Kier molecular flexibility index (Phi) is 5.02. The van der Waals surface area contributed by atoms with Crippen LogP contribution < -0.4 is 4.90 Å². The highest BCUT2D eigenvalue weighted by molar-refractivity contribution is 14.2. The molecule has 106 valence electrons. The van der Waals surface area contributed by atoms with Crippen molar-refractivity contribution in [3.63, 3.8) is 0 Å². The lowest BCUT2D eigenvalue weighted by Gasteiger charge is -2.11. The fourth-order valence-corrected chi connectivity index (χ4v) is 3.16. The SMILES string of the molecule is CC1=CN(O)I=C(N=Nc2ccc(N(C)C)cc2)C=C1. The maximum atomic E-state index is 9.66. The average Bonchev–Trinajstić information content (AvgIpc) is 2.57. The largest absolute Gasteiger partial charge is 0.378 e. The Bertz CT molecular complexity index is 588. The topological polar surface area (TPSA) is 51.4 Å². The molecule has 6 heteroatoms. The summed E-state index contributed by atoms with van der Waals surface area (Å²) in [4.78, 5) is 2.03. The Labute approximate surface area is 129 Å². The van der Waals surface area contributed by atoms with Crippen LogP contribution in [-0.2, 0) is 0 Å². The maximum absolute atomic E-state index is 9.66. The fourth-order valence-electron chi connectivity index (χ4n) is 1.53. The molecule has 0 unspecified atom stereocenters. The number of hydroxylamine groups is 1. The summed E-state index contributed by atoms with van der Waals surface area (Å²) in [7, 11) is 4.00. The normalized spacial score (nSPS) is 15.5. The lowest BCUT2D eigenvalue weighted by Crippen LogP contribution is -2.07. The van der Waals surface area contributed by atoms with Crippen molar-refractivity contribution in [1.82, 2.24) is 3.28 Å². The van der Waals surface area contributed by atoms with Gasteiger partial charge in [-0.1, -0.05) is 6.08 Å². The smallest absolute Gasteiger partial charge is 0.137 e. The first kappa shape index (κ1) is 14.9. The van der Waals surface area contributed by atoms with E-state index < -0.39 is 21.0 Å². The van der Waals surface area contributed by atoms with Crippen molar-refractivity contribution in [3.05, 3.63) is 48.2 Å². The van der Waals surface area contributed by atoms with Crippen LogP contribution >= 0.6 is 21.0 Å². The molecule has 0 bridgehead atoms. The van der Waals surface area contributed by atoms with E-state index in [4.69, 9.17) is 0 Å². The van der Waals surface area contributed by atoms with Crippen LogP contribution in [0.1, 0.15) is 6.92 Å². The van der Waals surface area contributed by atoms with Crippen LogP contribution in [-0.4, -0.2) is 26.2 Å². The Balaban J connectivity index is 2.11. The molecule has 0 spiro atoms. The summed E-state index contributed by atoms with van der Waals surface area (Å²) in [5.74, 6) is 0. The van der Waals surface area contributed by atoms with Gasteiger partial charge in [-0.05, 0) is 42.8 Å². The van der Waals surface area contributed by atoms with E-state index in [2.05, 4.69) is 10.2 Å². The molecule has 1 N–H and O–H groups in total. The molecule has 0 aliphatic carbocycles. The number of benzene rings is 1. The summed E-state index contributed by atoms with van der Waals surface area (Å²) in [6.07, 6.45) is 5.55. The van der Waals surface area contributed by atoms with Crippen molar-refractivity contribution < 1.29 is 5.21 Å². The molecule has 2 rings (SSSR count). The van der Waals surface area contributed by atoms with E-state index in [1.165, 1.54) is 3.28 Å². The van der Waals surface area contributed by atoms with Crippen LogP contribution in [0.3, 0.4) is 0 Å². The van der Waals surface area contributed by atoms with Gasteiger partial charge in [-0.3, -0.25) is 5.21 Å². The summed E-state index contributed by atoms with van der Waals surface area (Å²) in [6.45, 7) is 1.93. The third kappa shape index (κ3) is 4.24. The summed E-state index contributed by atoms with van der Waals surface area (Å²) >= 11 is -0.710. The summed E-state index contributed by atoms with van der Waals surface area (Å²) in [5.41, 5.74) is 2.92. The van der Waals surface area contributed by atoms with Crippen molar-refractivity contribution in [2.75, 3.05) is 19.0 Å². The van der Waals surface area contributed by atoms with Gasteiger partial charge in [-0.25, -0.2) is 3.28 Å². The van der Waals surface area contributed by atoms with E-state index in [-0.39, 0.29) is 0 Å². The van der Waals surface area contributed by atoms with Gasteiger partial charge < -0.3 is 4.90 Å². The van der Waals surface area contributed by atoms with Gasteiger partial charge in [0.05, 0.1) is 26.7 Å². The van der Waals surface area contributed by atoms with E-state index in [9.17, 15) is 5.21 Å². The first-order valence-electron chi connectivity index (χ1n) is 6.10. The molecule has 1 aliphatic rings. The molecule has 0 radical (unpaired) electrons. The average molecular weight is 384 g/mol. The second kappa shape index (κ2) is 6.76. The highest BCUT2D eigenvalue weighted by Gasteiger charge is 2.01. The van der Waals surface area contributed by atoms with Crippen LogP contribution in [0.4, 0.5) is 11.4 Å². The number of allylic oxidation sites excluding steroid dienone is 2. The first-order valence-corrected chi connectivity index (χ1v) is 8.15. The Morgan fingerprint density at radius 2 is 1.80 bits per heavy atom. The summed E-state index contributed by atoms with van der Waals surface area (Å²) in [5, 5.41) is 18.1. The number of rotatable bonds is 3. The highest BCUT2D eigenvalue weighted by Crippen LogP contribution is 2.20. The number of azo groups is 1. The van der Waals surface area contributed by atoms with Crippen LogP contribution in [0.25, 0.3) is 0 Å². The second-order valence-electron chi connectivity index (χ2n) is 4.51. The maximum Gasteiger partial charge on any atom is 0.137 e. The Morgan fingerprint density at radius 1 is 1.10 bits per heavy atom. The second-order valence-corrected chi connectivity index (χ2v) is 7.09. The molecule has 1 aromatic carbocycles. The van der Waals surface area contributed by atoms with Crippen molar-refractivity contribution >= 4 is 36.0 Å².